The van der Waals surface area contributed by atoms with Crippen LogP contribution < -0.4 is 53.8 Å². The van der Waals surface area contributed by atoms with Gasteiger partial charge in [0.15, 0.2) is 0 Å². The molecule has 2 fully saturated rings. The highest BCUT2D eigenvalue weighted by Crippen LogP contribution is 2.39. The molecule has 2 saturated heterocycles. The summed E-state index contributed by atoms with van der Waals surface area (Å²) >= 11 is 0. The molecule has 6 aromatic carbocycles. The largest absolute Gasteiger partial charge is 0.497 e. The van der Waals surface area contributed by atoms with E-state index in [9.17, 15) is 0 Å². The standard InChI is InChI=1S/C25H28N6O2.C24H28N6O2.C23H23N5O3.H2S/c1-30-15-17(13-28-30)25-14-27-23-7-6-19(11-24(23)29-25)31(16-18-5-4-8-26-18)20-9-21(32-2)12-22(10-20)33-3;1-25-8-5-9-30(19-10-20(31-3)13-21(11-19)32-4)18-6-7-22-23(12-18)28-24(15-26-22)17-14-27-29(2)16-17;1-27-12-15(10-25-27)23-11-24-21-5-4-16(8-22(21)26-23)28(13-20-14-31-20)17-6-18(29-2)9-19(7-17)30-3;/h6-7,9-15,18,26H,4-5,8,16H2,1-3H3;6-7,10-16,25H,5,8-9H2,1-4H3;4-12,20H,13-14H2,1-3H3;1H2/t18-;;;/m0.../s1. The van der Waals surface area contributed by atoms with Gasteiger partial charge in [0.25, 0.3) is 0 Å². The van der Waals surface area contributed by atoms with Crippen molar-refractivity contribution in [1.82, 2.24) is 69.9 Å². The van der Waals surface area contributed by atoms with Crippen LogP contribution in [0.5, 0.6) is 34.5 Å². The van der Waals surface area contributed by atoms with Gasteiger partial charge in [-0.1, -0.05) is 0 Å². The van der Waals surface area contributed by atoms with E-state index < -0.39 is 0 Å². The van der Waals surface area contributed by atoms with Crippen LogP contribution in [0.4, 0.5) is 34.1 Å². The number of anilines is 6. The molecular formula is C72H81N17O7S. The third kappa shape index (κ3) is 16.6. The molecule has 0 saturated carbocycles. The van der Waals surface area contributed by atoms with E-state index in [1.807, 2.05) is 120 Å². The van der Waals surface area contributed by atoms with Gasteiger partial charge in [-0.15, -0.1) is 0 Å². The molecule has 25 heteroatoms. The molecule has 2 N–H and O–H groups in total. The zero-order valence-corrected chi connectivity index (χ0v) is 57.2. The molecule has 2 atom stereocenters. The Kier molecular flexibility index (Phi) is 21.9. The minimum Gasteiger partial charge on any atom is -0.497 e. The average molecular weight is 1330 g/mol. The zero-order valence-electron chi connectivity index (χ0n) is 56.2. The molecule has 12 aromatic rings. The number of fused-ring (bicyclic) bond motifs is 3. The summed E-state index contributed by atoms with van der Waals surface area (Å²) in [5, 5.41) is 19.6. The number of hydrogen-bond acceptors (Lipinski definition) is 21. The van der Waals surface area contributed by atoms with E-state index in [0.717, 1.165) is 188 Å². The number of rotatable bonds is 23. The predicted molar refractivity (Wildman–Crippen MR) is 385 cm³/mol. The van der Waals surface area contributed by atoms with E-state index in [0.29, 0.717) is 6.04 Å². The van der Waals surface area contributed by atoms with Gasteiger partial charge in [-0.3, -0.25) is 29.0 Å². The summed E-state index contributed by atoms with van der Waals surface area (Å²) in [7, 11) is 17.6. The molecule has 0 amide bonds. The number of hydrogen-bond donors (Lipinski definition) is 2. The highest BCUT2D eigenvalue weighted by molar-refractivity contribution is 7.59. The minimum absolute atomic E-state index is 0. The van der Waals surface area contributed by atoms with Gasteiger partial charge in [-0.05, 0) is 94.0 Å². The Bertz CT molecular complexity index is 4570. The summed E-state index contributed by atoms with van der Waals surface area (Å²) in [6, 6.07) is 36.6. The first kappa shape index (κ1) is 67.8. The summed E-state index contributed by atoms with van der Waals surface area (Å²) < 4.78 is 43.8. The van der Waals surface area contributed by atoms with E-state index in [2.05, 4.69) is 92.0 Å². The Hall–Kier alpha value is -10.6. The molecule has 0 aliphatic carbocycles. The zero-order chi connectivity index (χ0) is 66.7. The summed E-state index contributed by atoms with van der Waals surface area (Å²) in [6.45, 7) is 5.09. The first-order chi connectivity index (χ1) is 46.9. The van der Waals surface area contributed by atoms with Crippen molar-refractivity contribution >= 4 is 80.7 Å². The summed E-state index contributed by atoms with van der Waals surface area (Å²) in [5.41, 5.74) is 16.3. The van der Waals surface area contributed by atoms with Crippen molar-refractivity contribution in [3.63, 3.8) is 0 Å². The fourth-order valence-corrected chi connectivity index (χ4v) is 11.5. The van der Waals surface area contributed by atoms with Gasteiger partial charge >= 0.3 is 0 Å². The van der Waals surface area contributed by atoms with Crippen LogP contribution in [0.1, 0.15) is 19.3 Å². The molecule has 8 heterocycles. The normalized spacial score (nSPS) is 13.8. The number of nitrogens with one attached hydrogen (secondary N) is 2. The van der Waals surface area contributed by atoms with Crippen LogP contribution in [0.2, 0.25) is 0 Å². The topological polar surface area (TPSA) is 232 Å². The maximum atomic E-state index is 5.54. The van der Waals surface area contributed by atoms with E-state index in [1.165, 1.54) is 6.42 Å². The number of nitrogens with zero attached hydrogens (tertiary/aromatic N) is 15. The summed E-state index contributed by atoms with van der Waals surface area (Å²) in [5.74, 6) is 4.47. The molecule has 2 aliphatic heterocycles. The van der Waals surface area contributed by atoms with Crippen LogP contribution >= 0.6 is 13.5 Å². The molecule has 0 spiro atoms. The van der Waals surface area contributed by atoms with Gasteiger partial charge < -0.3 is 58.5 Å². The van der Waals surface area contributed by atoms with Gasteiger partial charge in [0.05, 0.1) is 149 Å². The first-order valence-corrected chi connectivity index (χ1v) is 31.7. The highest BCUT2D eigenvalue weighted by atomic mass is 32.1. The number of aromatic nitrogens is 12. The second-order valence-electron chi connectivity index (χ2n) is 23.3. The van der Waals surface area contributed by atoms with Crippen molar-refractivity contribution in [2.75, 3.05) is 104 Å². The molecule has 2 aliphatic rings. The molecule has 24 nitrogen and oxygen atoms in total. The van der Waals surface area contributed by atoms with Gasteiger partial charge in [0, 0.05) is 164 Å². The van der Waals surface area contributed by atoms with Gasteiger partial charge in [0.2, 0.25) is 0 Å². The smallest absolute Gasteiger partial charge is 0.124 e. The molecule has 0 bridgehead atoms. The van der Waals surface area contributed by atoms with Crippen LogP contribution in [-0.2, 0) is 25.9 Å². The van der Waals surface area contributed by atoms with Crippen molar-refractivity contribution in [2.24, 2.45) is 21.1 Å². The van der Waals surface area contributed by atoms with Crippen molar-refractivity contribution in [2.45, 2.75) is 31.4 Å². The molecule has 502 valence electrons. The lowest BCUT2D eigenvalue weighted by molar-refractivity contribution is 0.393. The lowest BCUT2D eigenvalue weighted by atomic mass is 10.1. The van der Waals surface area contributed by atoms with Crippen LogP contribution in [0.25, 0.3) is 66.9 Å². The van der Waals surface area contributed by atoms with Crippen molar-refractivity contribution < 1.29 is 33.2 Å². The van der Waals surface area contributed by atoms with Crippen molar-refractivity contribution in [1.29, 1.82) is 0 Å². The Morgan fingerprint density at radius 1 is 0.464 bits per heavy atom. The maximum absolute atomic E-state index is 5.54. The number of ether oxygens (including phenoxy) is 7. The number of benzene rings is 6. The lowest BCUT2D eigenvalue weighted by Crippen LogP contribution is -2.35. The fourth-order valence-electron chi connectivity index (χ4n) is 11.5. The SMILES string of the molecule is CNCCCN(c1cc(OC)cc(OC)c1)c1ccc2ncc(-c3cnn(C)c3)nc2c1.COc1cc(OC)cc(N(CC2CO2)c2ccc3ncc(-c4cnn(C)c4)nc3c2)c1.COc1cc(OC)cc(N(C[C@@H]2CCCN2)c2ccc3ncc(-c4cnn(C)c4)nc3c2)c1.S. The van der Waals surface area contributed by atoms with Gasteiger partial charge in [-0.25, -0.2) is 15.0 Å². The molecule has 6 aromatic heterocycles. The van der Waals surface area contributed by atoms with Crippen LogP contribution in [0, 0.1) is 0 Å². The van der Waals surface area contributed by atoms with E-state index in [-0.39, 0.29) is 19.6 Å². The van der Waals surface area contributed by atoms with Gasteiger partial charge in [0.1, 0.15) is 34.5 Å². The molecule has 97 heavy (non-hydrogen) atoms. The van der Waals surface area contributed by atoms with E-state index in [4.69, 9.17) is 48.1 Å². The van der Waals surface area contributed by atoms with E-state index >= 15 is 0 Å². The molecule has 0 radical (unpaired) electrons. The Labute approximate surface area is 570 Å². The summed E-state index contributed by atoms with van der Waals surface area (Å²) in [4.78, 5) is 35.1. The lowest BCUT2D eigenvalue weighted by Gasteiger charge is -2.29. The minimum atomic E-state index is 0. The highest BCUT2D eigenvalue weighted by Gasteiger charge is 2.28. The Morgan fingerprint density at radius 2 is 0.825 bits per heavy atom. The average Bonchev–Trinajstić information content (AvgIpc) is 1.74. The maximum Gasteiger partial charge on any atom is 0.124 e. The summed E-state index contributed by atoms with van der Waals surface area (Å²) in [6.07, 6.45) is 20.1. The van der Waals surface area contributed by atoms with Crippen LogP contribution in [0.15, 0.2) is 165 Å². The number of methoxy groups -OCH3 is 6. The molecular weight excluding hydrogens is 1250 g/mol. The molecule has 14 rings (SSSR count). The second kappa shape index (κ2) is 31.3. The monoisotopic (exact) mass is 1330 g/mol. The van der Waals surface area contributed by atoms with Gasteiger partial charge in [-0.2, -0.15) is 28.8 Å². The van der Waals surface area contributed by atoms with Crippen LogP contribution in [-0.4, -0.2) is 160 Å². The third-order valence-corrected chi connectivity index (χ3v) is 16.6. The van der Waals surface area contributed by atoms with Crippen molar-refractivity contribution in [3.8, 4) is 68.3 Å². The first-order valence-electron chi connectivity index (χ1n) is 31.7. The third-order valence-electron chi connectivity index (χ3n) is 16.6. The van der Waals surface area contributed by atoms with E-state index in [1.54, 1.807) is 93.9 Å². The number of aryl methyl sites for hydroxylation is 3. The molecule has 1 unspecified atom stereocenters. The fraction of sp³-hybridized carbons (Fsp3) is 0.292. The quantitative estimate of drug-likeness (QED) is 0.0447. The van der Waals surface area contributed by atoms with Crippen molar-refractivity contribution in [3.05, 3.63) is 165 Å². The Morgan fingerprint density at radius 3 is 1.14 bits per heavy atom. The Balaban J connectivity index is 0.000000147. The predicted octanol–water partition coefficient (Wildman–Crippen LogP) is 11.4. The number of epoxide rings is 1. The second-order valence-corrected chi connectivity index (χ2v) is 23.3. The van der Waals surface area contributed by atoms with Crippen LogP contribution in [0.3, 0.4) is 0 Å².